The van der Waals surface area contributed by atoms with Crippen LogP contribution in [0.3, 0.4) is 0 Å². The number of aryl methyl sites for hydroxylation is 1. The SMILES string of the molecule is O=C(CCc1ccccc1)N1CCC(O)(Cn2cc(C(=O)N3CCCCC3)c(-c3ccccc3)cc2=O)CC1. The van der Waals surface area contributed by atoms with Gasteiger partial charge >= 0.3 is 0 Å². The molecule has 2 aromatic carbocycles. The molecule has 2 aliphatic rings. The van der Waals surface area contributed by atoms with Gasteiger partial charge in [0.2, 0.25) is 5.91 Å². The van der Waals surface area contributed by atoms with Crippen LogP contribution in [0.2, 0.25) is 0 Å². The van der Waals surface area contributed by atoms with Gasteiger partial charge in [-0.25, -0.2) is 0 Å². The number of pyridine rings is 1. The number of hydrogen-bond acceptors (Lipinski definition) is 4. The molecule has 0 aliphatic carbocycles. The lowest BCUT2D eigenvalue weighted by atomic mass is 9.90. The third-order valence-corrected chi connectivity index (χ3v) is 8.07. The van der Waals surface area contributed by atoms with Crippen molar-refractivity contribution in [3.63, 3.8) is 0 Å². The Labute approximate surface area is 229 Å². The van der Waals surface area contributed by atoms with E-state index in [4.69, 9.17) is 0 Å². The van der Waals surface area contributed by atoms with Crippen LogP contribution in [0.5, 0.6) is 0 Å². The Kier molecular flexibility index (Phi) is 8.27. The highest BCUT2D eigenvalue weighted by Gasteiger charge is 2.35. The molecule has 0 radical (unpaired) electrons. The van der Waals surface area contributed by atoms with Crippen molar-refractivity contribution in [2.24, 2.45) is 0 Å². The molecule has 2 amide bonds. The minimum Gasteiger partial charge on any atom is -0.388 e. The van der Waals surface area contributed by atoms with Gasteiger partial charge in [-0.1, -0.05) is 60.7 Å². The van der Waals surface area contributed by atoms with Crippen LogP contribution < -0.4 is 5.56 Å². The van der Waals surface area contributed by atoms with E-state index in [1.165, 1.54) is 10.6 Å². The van der Waals surface area contributed by atoms with Gasteiger partial charge < -0.3 is 19.5 Å². The van der Waals surface area contributed by atoms with Crippen molar-refractivity contribution in [2.75, 3.05) is 26.2 Å². The molecule has 7 heteroatoms. The predicted octanol–water partition coefficient (Wildman–Crippen LogP) is 4.13. The second-order valence-corrected chi connectivity index (χ2v) is 10.9. The van der Waals surface area contributed by atoms with E-state index in [0.717, 1.165) is 30.4 Å². The number of hydrogen-bond donors (Lipinski definition) is 1. The van der Waals surface area contributed by atoms with E-state index in [-0.39, 0.29) is 23.9 Å². The van der Waals surface area contributed by atoms with Gasteiger partial charge in [0.05, 0.1) is 17.7 Å². The first-order valence-electron chi connectivity index (χ1n) is 14.1. The lowest BCUT2D eigenvalue weighted by Gasteiger charge is -2.38. The van der Waals surface area contributed by atoms with E-state index in [2.05, 4.69) is 0 Å². The van der Waals surface area contributed by atoms with E-state index in [9.17, 15) is 19.5 Å². The lowest BCUT2D eigenvalue weighted by Crippen LogP contribution is -2.49. The Morgan fingerprint density at radius 3 is 2.13 bits per heavy atom. The van der Waals surface area contributed by atoms with E-state index < -0.39 is 5.60 Å². The molecule has 5 rings (SSSR count). The van der Waals surface area contributed by atoms with E-state index in [0.29, 0.717) is 63.0 Å². The summed E-state index contributed by atoms with van der Waals surface area (Å²) in [6.45, 7) is 2.41. The zero-order chi connectivity index (χ0) is 27.2. The first-order valence-corrected chi connectivity index (χ1v) is 14.1. The average molecular weight is 528 g/mol. The molecule has 7 nitrogen and oxygen atoms in total. The van der Waals surface area contributed by atoms with E-state index in [1.807, 2.05) is 70.5 Å². The van der Waals surface area contributed by atoms with Gasteiger partial charge in [-0.15, -0.1) is 0 Å². The van der Waals surface area contributed by atoms with Crippen molar-refractivity contribution in [3.8, 4) is 11.1 Å². The number of benzene rings is 2. The van der Waals surface area contributed by atoms with Gasteiger partial charge in [0, 0.05) is 50.4 Å². The number of rotatable bonds is 7. The summed E-state index contributed by atoms with van der Waals surface area (Å²) in [6.07, 6.45) is 6.60. The number of carbonyl (C=O) groups excluding carboxylic acids is 2. The normalized spacial score (nSPS) is 17.2. The minimum absolute atomic E-state index is 0.0758. The number of amides is 2. The molecule has 1 N–H and O–H groups in total. The molecule has 0 saturated carbocycles. The van der Waals surface area contributed by atoms with Crippen molar-refractivity contribution >= 4 is 11.8 Å². The monoisotopic (exact) mass is 527 g/mol. The van der Waals surface area contributed by atoms with Gasteiger partial charge in [0.25, 0.3) is 11.5 Å². The smallest absolute Gasteiger partial charge is 0.255 e. The summed E-state index contributed by atoms with van der Waals surface area (Å²) >= 11 is 0. The van der Waals surface area contributed by atoms with Gasteiger partial charge in [-0.3, -0.25) is 14.4 Å². The second kappa shape index (κ2) is 12.0. The Morgan fingerprint density at radius 2 is 1.46 bits per heavy atom. The van der Waals surface area contributed by atoms with Crippen LogP contribution in [0, 0.1) is 0 Å². The standard InChI is InChI=1S/C32H37N3O4/c36-29(15-14-25-10-4-1-5-11-25)33-20-16-32(39,17-21-33)24-35-23-28(31(38)34-18-8-3-9-19-34)27(22-30(35)37)26-12-6-2-7-13-26/h1-2,4-7,10-13,22-23,39H,3,8-9,14-21,24H2. The molecule has 39 heavy (non-hydrogen) atoms. The summed E-state index contributed by atoms with van der Waals surface area (Å²) in [6, 6.07) is 21.0. The second-order valence-electron chi connectivity index (χ2n) is 10.9. The fourth-order valence-corrected chi connectivity index (χ4v) is 5.69. The molecule has 3 aromatic rings. The van der Waals surface area contributed by atoms with Crippen LogP contribution in [0.1, 0.15) is 54.4 Å². The van der Waals surface area contributed by atoms with Crippen LogP contribution in [-0.2, 0) is 17.8 Å². The minimum atomic E-state index is -1.13. The Morgan fingerprint density at radius 1 is 0.821 bits per heavy atom. The molecule has 3 heterocycles. The summed E-state index contributed by atoms with van der Waals surface area (Å²) in [5, 5.41) is 11.4. The summed E-state index contributed by atoms with van der Waals surface area (Å²) in [7, 11) is 0. The molecule has 2 fully saturated rings. The molecule has 0 spiro atoms. The number of aliphatic hydroxyl groups is 1. The highest BCUT2D eigenvalue weighted by Crippen LogP contribution is 2.28. The highest BCUT2D eigenvalue weighted by atomic mass is 16.3. The van der Waals surface area contributed by atoms with Crippen LogP contribution in [0.15, 0.2) is 77.7 Å². The molecular weight excluding hydrogens is 490 g/mol. The Balaban J connectivity index is 1.31. The fourth-order valence-electron chi connectivity index (χ4n) is 5.69. The molecule has 0 unspecified atom stereocenters. The summed E-state index contributed by atoms with van der Waals surface area (Å²) < 4.78 is 1.48. The van der Waals surface area contributed by atoms with Crippen molar-refractivity contribution < 1.29 is 14.7 Å². The molecule has 0 atom stereocenters. The van der Waals surface area contributed by atoms with Crippen molar-refractivity contribution in [3.05, 3.63) is 94.4 Å². The largest absolute Gasteiger partial charge is 0.388 e. The maximum atomic E-state index is 13.6. The molecular formula is C32H37N3O4. The Hall–Kier alpha value is -3.71. The van der Waals surface area contributed by atoms with Gasteiger partial charge in [-0.05, 0) is 49.7 Å². The number of nitrogens with zero attached hydrogens (tertiary/aromatic N) is 3. The number of piperidine rings is 2. The zero-order valence-corrected chi connectivity index (χ0v) is 22.4. The quantitative estimate of drug-likeness (QED) is 0.501. The van der Waals surface area contributed by atoms with Crippen LogP contribution in [0.4, 0.5) is 0 Å². The van der Waals surface area contributed by atoms with Crippen molar-refractivity contribution in [1.29, 1.82) is 0 Å². The van der Waals surface area contributed by atoms with Gasteiger partial charge in [0.1, 0.15) is 0 Å². The van der Waals surface area contributed by atoms with E-state index >= 15 is 0 Å². The van der Waals surface area contributed by atoms with Crippen LogP contribution in [-0.4, -0.2) is 63.1 Å². The summed E-state index contributed by atoms with van der Waals surface area (Å²) in [4.78, 5) is 43.3. The predicted molar refractivity (Wildman–Crippen MR) is 151 cm³/mol. The van der Waals surface area contributed by atoms with E-state index in [1.54, 1.807) is 6.20 Å². The molecule has 1 aromatic heterocycles. The molecule has 2 aliphatic heterocycles. The zero-order valence-electron chi connectivity index (χ0n) is 22.4. The van der Waals surface area contributed by atoms with Crippen LogP contribution >= 0.6 is 0 Å². The van der Waals surface area contributed by atoms with Gasteiger partial charge in [-0.2, -0.15) is 0 Å². The van der Waals surface area contributed by atoms with Crippen LogP contribution in [0.25, 0.3) is 11.1 Å². The van der Waals surface area contributed by atoms with Crippen molar-refractivity contribution in [2.45, 2.75) is 57.1 Å². The molecule has 0 bridgehead atoms. The average Bonchev–Trinajstić information content (AvgIpc) is 2.98. The third kappa shape index (κ3) is 6.48. The van der Waals surface area contributed by atoms with Crippen molar-refractivity contribution in [1.82, 2.24) is 14.4 Å². The number of carbonyl (C=O) groups is 2. The number of aromatic nitrogens is 1. The summed E-state index contributed by atoms with van der Waals surface area (Å²) in [5.41, 5.74) is 1.69. The molecule has 2 saturated heterocycles. The molecule has 204 valence electrons. The fraction of sp³-hybridized carbons (Fsp3) is 0.406. The summed E-state index contributed by atoms with van der Waals surface area (Å²) in [5.74, 6) is 0.00724. The maximum absolute atomic E-state index is 13.6. The topological polar surface area (TPSA) is 82.8 Å². The Bertz CT molecular complexity index is 1340. The maximum Gasteiger partial charge on any atom is 0.255 e. The first-order chi connectivity index (χ1) is 18.9. The lowest BCUT2D eigenvalue weighted by molar-refractivity contribution is -0.135. The number of likely N-dealkylation sites (tertiary alicyclic amines) is 2. The highest BCUT2D eigenvalue weighted by molar-refractivity contribution is 6.00. The third-order valence-electron chi connectivity index (χ3n) is 8.07. The van der Waals surface area contributed by atoms with Gasteiger partial charge in [0.15, 0.2) is 0 Å². The first kappa shape index (κ1) is 26.9.